The van der Waals surface area contributed by atoms with Gasteiger partial charge >= 0.3 is 6.09 Å². The Morgan fingerprint density at radius 3 is 2.35 bits per heavy atom. The summed E-state index contributed by atoms with van der Waals surface area (Å²) in [6.07, 6.45) is 1.03. The quantitative estimate of drug-likeness (QED) is 0.906. The second-order valence-electron chi connectivity index (χ2n) is 7.05. The van der Waals surface area contributed by atoms with Crippen molar-refractivity contribution in [3.05, 3.63) is 29.8 Å². The van der Waals surface area contributed by atoms with Gasteiger partial charge in [0, 0.05) is 24.7 Å². The van der Waals surface area contributed by atoms with Crippen LogP contribution in [0.2, 0.25) is 0 Å². The predicted octanol–water partition coefficient (Wildman–Crippen LogP) is 3.58. The van der Waals surface area contributed by atoms with E-state index >= 15 is 0 Å². The molecule has 1 aliphatic heterocycles. The molecule has 0 bridgehead atoms. The normalized spacial score (nSPS) is 16.1. The molecule has 1 aliphatic rings. The Hall–Kier alpha value is -2.04. The molecule has 23 heavy (non-hydrogen) atoms. The van der Waals surface area contributed by atoms with E-state index in [1.165, 1.54) is 0 Å². The number of anilines is 1. The molecule has 0 aliphatic carbocycles. The molecule has 1 heterocycles. The average Bonchev–Trinajstić information content (AvgIpc) is 2.48. The number of carbonyl (C=O) groups excluding carboxylic acids is 2. The van der Waals surface area contributed by atoms with Gasteiger partial charge in [-0.2, -0.15) is 0 Å². The van der Waals surface area contributed by atoms with Gasteiger partial charge in [-0.1, -0.05) is 18.2 Å². The van der Waals surface area contributed by atoms with Crippen LogP contribution < -0.4 is 5.32 Å². The standard InChI is InChI=1S/C18H26N2O3/c1-13-7-5-6-8-15(13)19-16(21)14-9-11-20(12-10-14)17(22)23-18(2,3)4/h5-8,14H,9-12H2,1-4H3,(H,19,21). The highest BCUT2D eigenvalue weighted by Crippen LogP contribution is 2.22. The monoisotopic (exact) mass is 318 g/mol. The van der Waals surface area contributed by atoms with Crippen LogP contribution in [0.15, 0.2) is 24.3 Å². The third-order valence-electron chi connectivity index (χ3n) is 3.92. The molecule has 1 fully saturated rings. The fraction of sp³-hybridized carbons (Fsp3) is 0.556. The summed E-state index contributed by atoms with van der Waals surface area (Å²) in [5.41, 5.74) is 1.41. The molecule has 1 aromatic rings. The van der Waals surface area contributed by atoms with Gasteiger partial charge < -0.3 is 15.0 Å². The van der Waals surface area contributed by atoms with E-state index < -0.39 is 5.60 Å². The molecular weight excluding hydrogens is 292 g/mol. The number of benzene rings is 1. The number of amides is 2. The summed E-state index contributed by atoms with van der Waals surface area (Å²) in [5, 5.41) is 2.99. The van der Waals surface area contributed by atoms with Crippen molar-refractivity contribution in [3.8, 4) is 0 Å². The number of aryl methyl sites for hydroxylation is 1. The number of ether oxygens (including phenoxy) is 1. The summed E-state index contributed by atoms with van der Waals surface area (Å²) in [6, 6.07) is 7.74. The van der Waals surface area contributed by atoms with E-state index in [-0.39, 0.29) is 17.9 Å². The molecule has 5 heteroatoms. The average molecular weight is 318 g/mol. The largest absolute Gasteiger partial charge is 0.444 e. The van der Waals surface area contributed by atoms with Gasteiger partial charge in [0.25, 0.3) is 0 Å². The maximum atomic E-state index is 12.4. The molecule has 2 amide bonds. The first-order chi connectivity index (χ1) is 10.8. The van der Waals surface area contributed by atoms with Gasteiger partial charge in [-0.3, -0.25) is 4.79 Å². The van der Waals surface area contributed by atoms with Gasteiger partial charge in [0.15, 0.2) is 0 Å². The maximum absolute atomic E-state index is 12.4. The Morgan fingerprint density at radius 2 is 1.78 bits per heavy atom. The lowest BCUT2D eigenvalue weighted by atomic mass is 9.96. The van der Waals surface area contributed by atoms with Gasteiger partial charge in [0.2, 0.25) is 5.91 Å². The van der Waals surface area contributed by atoms with Gasteiger partial charge in [0.05, 0.1) is 0 Å². The van der Waals surface area contributed by atoms with Gasteiger partial charge in [0.1, 0.15) is 5.60 Å². The van der Waals surface area contributed by atoms with E-state index in [1.807, 2.05) is 52.0 Å². The number of nitrogens with zero attached hydrogens (tertiary/aromatic N) is 1. The molecule has 126 valence electrons. The first kappa shape index (κ1) is 17.3. The van der Waals surface area contributed by atoms with Crippen LogP contribution in [0.1, 0.15) is 39.2 Å². The van der Waals surface area contributed by atoms with Crippen LogP contribution in [0.3, 0.4) is 0 Å². The van der Waals surface area contributed by atoms with E-state index in [0.29, 0.717) is 25.9 Å². The van der Waals surface area contributed by atoms with Crippen molar-refractivity contribution in [1.29, 1.82) is 0 Å². The van der Waals surface area contributed by atoms with Crippen LogP contribution in [-0.2, 0) is 9.53 Å². The number of likely N-dealkylation sites (tertiary alicyclic amines) is 1. The molecular formula is C18H26N2O3. The highest BCUT2D eigenvalue weighted by Gasteiger charge is 2.29. The fourth-order valence-corrected chi connectivity index (χ4v) is 2.60. The van der Waals surface area contributed by atoms with Crippen molar-refractivity contribution in [2.24, 2.45) is 5.92 Å². The molecule has 1 saturated heterocycles. The van der Waals surface area contributed by atoms with Crippen molar-refractivity contribution in [3.63, 3.8) is 0 Å². The summed E-state index contributed by atoms with van der Waals surface area (Å²) in [7, 11) is 0. The Labute approximate surface area is 138 Å². The van der Waals surface area contributed by atoms with Crippen molar-refractivity contribution < 1.29 is 14.3 Å². The number of rotatable bonds is 2. The number of nitrogens with one attached hydrogen (secondary N) is 1. The van der Waals surface area contributed by atoms with Gasteiger partial charge in [-0.15, -0.1) is 0 Å². The van der Waals surface area contributed by atoms with Crippen LogP contribution in [0.25, 0.3) is 0 Å². The minimum absolute atomic E-state index is 0.0307. The second-order valence-corrected chi connectivity index (χ2v) is 7.05. The zero-order chi connectivity index (χ0) is 17.0. The highest BCUT2D eigenvalue weighted by molar-refractivity contribution is 5.93. The van der Waals surface area contributed by atoms with Crippen LogP contribution >= 0.6 is 0 Å². The summed E-state index contributed by atoms with van der Waals surface area (Å²) < 4.78 is 5.37. The molecule has 1 N–H and O–H groups in total. The van der Waals surface area contributed by atoms with Gasteiger partial charge in [-0.05, 0) is 52.2 Å². The number of para-hydroxylation sites is 1. The Balaban J connectivity index is 1.85. The number of hydrogen-bond donors (Lipinski definition) is 1. The Kier molecular flexibility index (Phi) is 5.29. The molecule has 1 aromatic carbocycles. The highest BCUT2D eigenvalue weighted by atomic mass is 16.6. The van der Waals surface area contributed by atoms with E-state index in [0.717, 1.165) is 11.3 Å². The van der Waals surface area contributed by atoms with Crippen LogP contribution in [0.4, 0.5) is 10.5 Å². The predicted molar refractivity (Wildman–Crippen MR) is 90.3 cm³/mol. The topological polar surface area (TPSA) is 58.6 Å². The molecule has 0 spiro atoms. The zero-order valence-electron chi connectivity index (χ0n) is 14.4. The number of piperidine rings is 1. The smallest absolute Gasteiger partial charge is 0.410 e. The molecule has 0 atom stereocenters. The number of hydrogen-bond acceptors (Lipinski definition) is 3. The first-order valence-corrected chi connectivity index (χ1v) is 8.11. The maximum Gasteiger partial charge on any atom is 0.410 e. The van der Waals surface area contributed by atoms with E-state index in [4.69, 9.17) is 4.74 Å². The lowest BCUT2D eigenvalue weighted by molar-refractivity contribution is -0.121. The van der Waals surface area contributed by atoms with E-state index in [9.17, 15) is 9.59 Å². The fourth-order valence-electron chi connectivity index (χ4n) is 2.60. The SMILES string of the molecule is Cc1ccccc1NC(=O)C1CCN(C(=O)OC(C)(C)C)CC1. The van der Waals surface area contributed by atoms with E-state index in [1.54, 1.807) is 4.90 Å². The van der Waals surface area contributed by atoms with Crippen molar-refractivity contribution in [2.45, 2.75) is 46.1 Å². The number of carbonyl (C=O) groups is 2. The lowest BCUT2D eigenvalue weighted by Gasteiger charge is -2.33. The molecule has 5 nitrogen and oxygen atoms in total. The van der Waals surface area contributed by atoms with Gasteiger partial charge in [-0.25, -0.2) is 4.79 Å². The van der Waals surface area contributed by atoms with Crippen molar-refractivity contribution in [1.82, 2.24) is 4.90 Å². The molecule has 2 rings (SSSR count). The summed E-state index contributed by atoms with van der Waals surface area (Å²) >= 11 is 0. The molecule has 0 aromatic heterocycles. The zero-order valence-corrected chi connectivity index (χ0v) is 14.4. The summed E-state index contributed by atoms with van der Waals surface area (Å²) in [4.78, 5) is 26.1. The summed E-state index contributed by atoms with van der Waals surface area (Å²) in [5.74, 6) is -0.0311. The third-order valence-corrected chi connectivity index (χ3v) is 3.92. The lowest BCUT2D eigenvalue weighted by Crippen LogP contribution is -2.43. The minimum Gasteiger partial charge on any atom is -0.444 e. The minimum atomic E-state index is -0.490. The first-order valence-electron chi connectivity index (χ1n) is 8.11. The van der Waals surface area contributed by atoms with Crippen molar-refractivity contribution >= 4 is 17.7 Å². The van der Waals surface area contributed by atoms with Crippen molar-refractivity contribution in [2.75, 3.05) is 18.4 Å². The molecule has 0 saturated carbocycles. The summed E-state index contributed by atoms with van der Waals surface area (Å²) in [6.45, 7) is 8.65. The van der Waals surface area contributed by atoms with E-state index in [2.05, 4.69) is 5.32 Å². The molecule has 0 unspecified atom stereocenters. The third kappa shape index (κ3) is 4.98. The Bertz CT molecular complexity index is 570. The van der Waals surface area contributed by atoms with Crippen LogP contribution in [0.5, 0.6) is 0 Å². The van der Waals surface area contributed by atoms with Crippen LogP contribution in [-0.4, -0.2) is 35.6 Å². The van der Waals surface area contributed by atoms with Crippen LogP contribution in [0, 0.1) is 12.8 Å². The Morgan fingerprint density at radius 1 is 1.17 bits per heavy atom. The molecule has 0 radical (unpaired) electrons. The second kappa shape index (κ2) is 7.02.